The fourth-order valence-corrected chi connectivity index (χ4v) is 7.74. The minimum Gasteiger partial charge on any atom is -0.409 e. The summed E-state index contributed by atoms with van der Waals surface area (Å²) in [5, 5.41) is 15.9. The molecule has 4 fully saturated rings. The SMILES string of the molecule is NCCCC(=O)NC1CCCC(CN2C(C(=O)N3CCC(CCN)CC3)CC3CCC(/C(N)=N/O)CC32)C1. The molecule has 2 amide bonds. The Morgan fingerprint density at radius 1 is 0.947 bits per heavy atom. The Balaban J connectivity index is 1.44. The van der Waals surface area contributed by atoms with Crippen molar-refractivity contribution in [3.8, 4) is 0 Å². The van der Waals surface area contributed by atoms with Crippen LogP contribution in [0, 0.1) is 23.7 Å². The molecule has 2 heterocycles. The average molecular weight is 534 g/mol. The monoisotopic (exact) mass is 533 g/mol. The van der Waals surface area contributed by atoms with Crippen molar-refractivity contribution >= 4 is 17.6 Å². The minimum atomic E-state index is -0.0957. The fourth-order valence-electron chi connectivity index (χ4n) is 7.74. The highest BCUT2D eigenvalue weighted by molar-refractivity contribution is 5.83. The van der Waals surface area contributed by atoms with E-state index in [0.717, 1.165) is 96.8 Å². The number of carbonyl (C=O) groups excluding carboxylic acids is 2. The first-order chi connectivity index (χ1) is 18.4. The largest absolute Gasteiger partial charge is 0.409 e. The zero-order chi connectivity index (χ0) is 27.1. The molecule has 2 aliphatic heterocycles. The highest BCUT2D eigenvalue weighted by Crippen LogP contribution is 2.44. The molecule has 8 N–H and O–H groups in total. The summed E-state index contributed by atoms with van der Waals surface area (Å²) in [5.41, 5.74) is 17.4. The number of carbonyl (C=O) groups is 2. The topological polar surface area (TPSA) is 163 Å². The summed E-state index contributed by atoms with van der Waals surface area (Å²) in [7, 11) is 0. The molecule has 0 aromatic carbocycles. The lowest BCUT2D eigenvalue weighted by Gasteiger charge is -2.41. The number of hydrogen-bond acceptors (Lipinski definition) is 7. The molecule has 4 aliphatic rings. The van der Waals surface area contributed by atoms with Gasteiger partial charge >= 0.3 is 0 Å². The number of fused-ring (bicyclic) bond motifs is 1. The van der Waals surface area contributed by atoms with E-state index in [1.54, 1.807) is 0 Å². The molecule has 2 saturated heterocycles. The highest BCUT2D eigenvalue weighted by atomic mass is 16.4. The number of nitrogens with zero attached hydrogens (tertiary/aromatic N) is 3. The third kappa shape index (κ3) is 7.18. The van der Waals surface area contributed by atoms with Crippen LogP contribution < -0.4 is 22.5 Å². The van der Waals surface area contributed by atoms with Gasteiger partial charge in [-0.05, 0) is 101 Å². The first-order valence-electron chi connectivity index (χ1n) is 15.1. The molecule has 6 unspecified atom stereocenters. The number of rotatable bonds is 10. The molecule has 10 nitrogen and oxygen atoms in total. The molecule has 4 rings (SSSR count). The molecule has 2 saturated carbocycles. The van der Waals surface area contributed by atoms with Crippen LogP contribution in [0.25, 0.3) is 0 Å². The van der Waals surface area contributed by atoms with Gasteiger partial charge in [-0.1, -0.05) is 11.6 Å². The van der Waals surface area contributed by atoms with Crippen LogP contribution in [0.2, 0.25) is 0 Å². The molecule has 0 bridgehead atoms. The number of nitrogens with one attached hydrogen (secondary N) is 1. The lowest BCUT2D eigenvalue weighted by Crippen LogP contribution is -2.52. The van der Waals surface area contributed by atoms with Crippen LogP contribution in [0.3, 0.4) is 0 Å². The molecule has 6 atom stereocenters. The van der Waals surface area contributed by atoms with E-state index in [0.29, 0.717) is 43.0 Å². The summed E-state index contributed by atoms with van der Waals surface area (Å²) in [5.74, 6) is 2.31. The Morgan fingerprint density at radius 3 is 2.45 bits per heavy atom. The van der Waals surface area contributed by atoms with Gasteiger partial charge in [0.25, 0.3) is 0 Å². The van der Waals surface area contributed by atoms with Crippen LogP contribution in [0.4, 0.5) is 0 Å². The molecule has 0 radical (unpaired) electrons. The van der Waals surface area contributed by atoms with Crippen LogP contribution in [-0.4, -0.2) is 83.5 Å². The van der Waals surface area contributed by atoms with Crippen LogP contribution in [-0.2, 0) is 9.59 Å². The first kappa shape index (κ1) is 29.1. The normalized spacial score (nSPS) is 33.2. The van der Waals surface area contributed by atoms with E-state index in [9.17, 15) is 14.8 Å². The molecule has 216 valence electrons. The lowest BCUT2D eigenvalue weighted by atomic mass is 9.77. The van der Waals surface area contributed by atoms with Gasteiger partial charge < -0.3 is 32.6 Å². The van der Waals surface area contributed by atoms with E-state index in [1.165, 1.54) is 0 Å². The van der Waals surface area contributed by atoms with E-state index in [1.807, 2.05) is 0 Å². The summed E-state index contributed by atoms with van der Waals surface area (Å²) < 4.78 is 0. The Kier molecular flexibility index (Phi) is 10.7. The number of likely N-dealkylation sites (tertiary alicyclic amines) is 2. The van der Waals surface area contributed by atoms with Crippen molar-refractivity contribution in [3.63, 3.8) is 0 Å². The van der Waals surface area contributed by atoms with Crippen molar-refractivity contribution in [2.45, 2.75) is 102 Å². The Labute approximate surface area is 228 Å². The van der Waals surface area contributed by atoms with E-state index in [2.05, 4.69) is 20.3 Å². The number of hydrogen-bond donors (Lipinski definition) is 5. The van der Waals surface area contributed by atoms with Crippen molar-refractivity contribution in [2.75, 3.05) is 32.7 Å². The molecule has 0 aromatic heterocycles. The smallest absolute Gasteiger partial charge is 0.239 e. The summed E-state index contributed by atoms with van der Waals surface area (Å²) in [6.07, 6.45) is 12.2. The summed E-state index contributed by atoms with van der Waals surface area (Å²) >= 11 is 0. The molecular formula is C28H51N7O3. The summed E-state index contributed by atoms with van der Waals surface area (Å²) in [6.45, 7) is 3.78. The molecule has 38 heavy (non-hydrogen) atoms. The maximum absolute atomic E-state index is 13.9. The maximum Gasteiger partial charge on any atom is 0.239 e. The Bertz CT molecular complexity index is 816. The van der Waals surface area contributed by atoms with Gasteiger partial charge in [-0.2, -0.15) is 0 Å². The number of amidine groups is 1. The molecule has 10 heteroatoms. The van der Waals surface area contributed by atoms with E-state index in [-0.39, 0.29) is 35.9 Å². The van der Waals surface area contributed by atoms with Crippen LogP contribution >= 0.6 is 0 Å². The number of piperidine rings is 1. The predicted octanol–water partition coefficient (Wildman–Crippen LogP) is 1.59. The summed E-state index contributed by atoms with van der Waals surface area (Å²) in [6, 6.07) is 0.378. The number of amides is 2. The van der Waals surface area contributed by atoms with Crippen LogP contribution in [0.15, 0.2) is 5.16 Å². The van der Waals surface area contributed by atoms with E-state index in [4.69, 9.17) is 17.2 Å². The van der Waals surface area contributed by atoms with Gasteiger partial charge in [-0.15, -0.1) is 0 Å². The zero-order valence-electron chi connectivity index (χ0n) is 23.1. The van der Waals surface area contributed by atoms with E-state index >= 15 is 0 Å². The van der Waals surface area contributed by atoms with Gasteiger partial charge in [0.2, 0.25) is 11.8 Å². The van der Waals surface area contributed by atoms with Gasteiger partial charge in [-0.25, -0.2) is 0 Å². The van der Waals surface area contributed by atoms with Gasteiger partial charge in [0.1, 0.15) is 5.84 Å². The quantitative estimate of drug-likeness (QED) is 0.123. The standard InChI is InChI=1S/C28H51N7O3/c29-11-2-5-26(36)32-23-4-1-3-20(15-23)18-35-24-17-22(27(31)33-38)7-6-21(24)16-25(35)28(37)34-13-9-19(8-12-30)10-14-34/h19-25,38H,1-18,29-30H2,(H2,31,33)(H,32,36). The molecule has 0 spiro atoms. The highest BCUT2D eigenvalue weighted by Gasteiger charge is 2.49. The predicted molar refractivity (Wildman–Crippen MR) is 148 cm³/mol. The first-order valence-corrected chi connectivity index (χ1v) is 15.1. The van der Waals surface area contributed by atoms with Crippen LogP contribution in [0.5, 0.6) is 0 Å². The second-order valence-corrected chi connectivity index (χ2v) is 12.3. The second kappa shape index (κ2) is 13.9. The third-order valence-electron chi connectivity index (χ3n) is 9.85. The number of oxime groups is 1. The van der Waals surface area contributed by atoms with Gasteiger partial charge in [0.05, 0.1) is 6.04 Å². The van der Waals surface area contributed by atoms with Gasteiger partial charge in [-0.3, -0.25) is 14.5 Å². The van der Waals surface area contributed by atoms with Crippen molar-refractivity contribution in [3.05, 3.63) is 0 Å². The lowest BCUT2D eigenvalue weighted by molar-refractivity contribution is -0.138. The van der Waals surface area contributed by atoms with E-state index < -0.39 is 0 Å². The summed E-state index contributed by atoms with van der Waals surface area (Å²) in [4.78, 5) is 30.9. The zero-order valence-corrected chi connectivity index (χ0v) is 23.1. The molecule has 0 aromatic rings. The maximum atomic E-state index is 13.9. The van der Waals surface area contributed by atoms with Crippen molar-refractivity contribution < 1.29 is 14.8 Å². The Morgan fingerprint density at radius 2 is 1.74 bits per heavy atom. The fraction of sp³-hybridized carbons (Fsp3) is 0.893. The van der Waals surface area contributed by atoms with Crippen molar-refractivity contribution in [1.29, 1.82) is 0 Å². The third-order valence-corrected chi connectivity index (χ3v) is 9.85. The average Bonchev–Trinajstić information content (AvgIpc) is 3.29. The molecular weight excluding hydrogens is 482 g/mol. The molecule has 2 aliphatic carbocycles. The number of nitrogens with two attached hydrogens (primary N) is 3. The van der Waals surface area contributed by atoms with Gasteiger partial charge in [0, 0.05) is 44.1 Å². The van der Waals surface area contributed by atoms with Crippen molar-refractivity contribution in [2.24, 2.45) is 46.0 Å². The van der Waals surface area contributed by atoms with Crippen molar-refractivity contribution in [1.82, 2.24) is 15.1 Å². The minimum absolute atomic E-state index is 0.0607. The Hall–Kier alpha value is -1.91. The van der Waals surface area contributed by atoms with Gasteiger partial charge in [0.15, 0.2) is 0 Å². The second-order valence-electron chi connectivity index (χ2n) is 12.3. The van der Waals surface area contributed by atoms with Crippen LogP contribution in [0.1, 0.15) is 83.5 Å².